The van der Waals surface area contributed by atoms with Gasteiger partial charge in [-0.1, -0.05) is 13.8 Å². The fourth-order valence-electron chi connectivity index (χ4n) is 1.75. The van der Waals surface area contributed by atoms with Gasteiger partial charge in [0.2, 0.25) is 0 Å². The predicted molar refractivity (Wildman–Crippen MR) is 80.0 cm³/mol. The van der Waals surface area contributed by atoms with Gasteiger partial charge in [0, 0.05) is 11.8 Å². The van der Waals surface area contributed by atoms with Crippen molar-refractivity contribution in [2.75, 3.05) is 0 Å². The smallest absolute Gasteiger partial charge is 0.163 e. The topological polar surface area (TPSA) is 79.5 Å². The molecule has 0 atom stereocenters. The van der Waals surface area contributed by atoms with Crippen LogP contribution >= 0.6 is 11.3 Å². The molecule has 0 fully saturated rings. The first kappa shape index (κ1) is 15.3. The van der Waals surface area contributed by atoms with E-state index in [4.69, 9.17) is 5.26 Å². The molecule has 2 aromatic heterocycles. The summed E-state index contributed by atoms with van der Waals surface area (Å²) in [5, 5.41) is 19.2. The van der Waals surface area contributed by atoms with Gasteiger partial charge in [-0.25, -0.2) is 4.98 Å². The summed E-state index contributed by atoms with van der Waals surface area (Å²) in [5.41, 5.74) is 2.05. The molecule has 0 radical (unpaired) electrons. The molecular weight excluding hydrogens is 284 g/mol. The number of nitrogens with zero attached hydrogens (tertiary/aromatic N) is 4. The van der Waals surface area contributed by atoms with E-state index in [1.807, 2.05) is 11.4 Å². The zero-order valence-corrected chi connectivity index (χ0v) is 12.9. The third-order valence-corrected chi connectivity index (χ3v) is 3.87. The van der Waals surface area contributed by atoms with Crippen molar-refractivity contribution in [3.63, 3.8) is 0 Å². The Bertz CT molecular complexity index is 655. The number of carbonyl (C=O) groups is 1. The van der Waals surface area contributed by atoms with Gasteiger partial charge in [0.05, 0.1) is 17.8 Å². The number of rotatable bonds is 6. The van der Waals surface area contributed by atoms with E-state index < -0.39 is 0 Å². The highest BCUT2D eigenvalue weighted by Gasteiger charge is 2.10. The second-order valence-corrected chi connectivity index (χ2v) is 6.00. The van der Waals surface area contributed by atoms with Gasteiger partial charge in [0.25, 0.3) is 0 Å². The zero-order chi connectivity index (χ0) is 15.2. The first-order chi connectivity index (χ1) is 10.1. The molecule has 0 aliphatic carbocycles. The maximum atomic E-state index is 12.0. The molecule has 0 bridgehead atoms. The fourth-order valence-corrected chi connectivity index (χ4v) is 2.73. The minimum atomic E-state index is 0.144. The fraction of sp³-hybridized carbons (Fsp3) is 0.400. The lowest BCUT2D eigenvalue weighted by atomic mass is 10.1. The molecule has 21 heavy (non-hydrogen) atoms. The standard InChI is InChI=1S/C15H16N4OS/c1-10(2)14-9-21-15(17-14)7-13(20)6-5-11-3-4-12(8-16)19-18-11/h3-4,9-10H,5-7H2,1-2H3. The molecule has 0 saturated carbocycles. The van der Waals surface area contributed by atoms with Crippen LogP contribution < -0.4 is 0 Å². The van der Waals surface area contributed by atoms with Crippen LogP contribution in [0.5, 0.6) is 0 Å². The number of nitriles is 1. The van der Waals surface area contributed by atoms with Gasteiger partial charge in [0.15, 0.2) is 5.69 Å². The van der Waals surface area contributed by atoms with Gasteiger partial charge in [-0.15, -0.1) is 16.4 Å². The normalized spacial score (nSPS) is 10.6. The molecule has 0 aliphatic rings. The SMILES string of the molecule is CC(C)c1csc(CC(=O)CCc2ccc(C#N)nn2)n1. The highest BCUT2D eigenvalue weighted by atomic mass is 32.1. The summed E-state index contributed by atoms with van der Waals surface area (Å²) in [6.07, 6.45) is 1.33. The van der Waals surface area contributed by atoms with Crippen LogP contribution in [-0.4, -0.2) is 21.0 Å². The first-order valence-electron chi connectivity index (χ1n) is 6.77. The Morgan fingerprint density at radius 3 is 2.76 bits per heavy atom. The number of hydrogen-bond acceptors (Lipinski definition) is 6. The molecule has 0 aliphatic heterocycles. The Morgan fingerprint density at radius 1 is 1.38 bits per heavy atom. The quantitative estimate of drug-likeness (QED) is 0.819. The molecular formula is C15H16N4OS. The van der Waals surface area contributed by atoms with E-state index in [-0.39, 0.29) is 11.5 Å². The third kappa shape index (κ3) is 4.43. The van der Waals surface area contributed by atoms with Crippen LogP contribution in [0.25, 0.3) is 0 Å². The molecule has 2 rings (SSSR count). The molecule has 0 saturated heterocycles. The van der Waals surface area contributed by atoms with E-state index in [1.54, 1.807) is 12.1 Å². The molecule has 0 aromatic carbocycles. The summed E-state index contributed by atoms with van der Waals surface area (Å²) in [4.78, 5) is 16.4. The van der Waals surface area contributed by atoms with Crippen LogP contribution in [0.3, 0.4) is 0 Å². The Hall–Kier alpha value is -2.13. The van der Waals surface area contributed by atoms with Crippen LogP contribution in [-0.2, 0) is 17.6 Å². The molecule has 2 heterocycles. The van der Waals surface area contributed by atoms with Crippen LogP contribution in [0.4, 0.5) is 0 Å². The lowest BCUT2D eigenvalue weighted by Crippen LogP contribution is -2.06. The van der Waals surface area contributed by atoms with E-state index in [2.05, 4.69) is 29.0 Å². The van der Waals surface area contributed by atoms with E-state index in [0.29, 0.717) is 25.2 Å². The first-order valence-corrected chi connectivity index (χ1v) is 7.65. The van der Waals surface area contributed by atoms with Crippen LogP contribution in [0.2, 0.25) is 0 Å². The molecule has 5 nitrogen and oxygen atoms in total. The minimum Gasteiger partial charge on any atom is -0.299 e. The van der Waals surface area contributed by atoms with E-state index in [1.165, 1.54) is 11.3 Å². The molecule has 6 heteroatoms. The molecule has 0 N–H and O–H groups in total. The minimum absolute atomic E-state index is 0.144. The van der Waals surface area contributed by atoms with Crippen molar-refractivity contribution in [2.24, 2.45) is 0 Å². The van der Waals surface area contributed by atoms with Crippen molar-refractivity contribution in [1.82, 2.24) is 15.2 Å². The number of Topliss-reactive ketones (excluding diaryl/α,β-unsaturated/α-hetero) is 1. The Labute approximate surface area is 127 Å². The number of aromatic nitrogens is 3. The van der Waals surface area contributed by atoms with Gasteiger partial charge in [-0.05, 0) is 24.5 Å². The molecule has 0 unspecified atom stereocenters. The molecule has 108 valence electrons. The van der Waals surface area contributed by atoms with Crippen LogP contribution in [0.1, 0.15) is 48.3 Å². The summed E-state index contributed by atoms with van der Waals surface area (Å²) in [6, 6.07) is 5.26. The number of thiazole rings is 1. The van der Waals surface area contributed by atoms with E-state index in [9.17, 15) is 4.79 Å². The van der Waals surface area contributed by atoms with E-state index >= 15 is 0 Å². The summed E-state index contributed by atoms with van der Waals surface area (Å²) in [5.74, 6) is 0.532. The lowest BCUT2D eigenvalue weighted by Gasteiger charge is -2.00. The van der Waals surface area contributed by atoms with Crippen molar-refractivity contribution in [1.29, 1.82) is 5.26 Å². The second-order valence-electron chi connectivity index (χ2n) is 5.06. The summed E-state index contributed by atoms with van der Waals surface area (Å²) in [6.45, 7) is 4.18. The summed E-state index contributed by atoms with van der Waals surface area (Å²) < 4.78 is 0. The average Bonchev–Trinajstić information content (AvgIpc) is 2.94. The van der Waals surface area contributed by atoms with Gasteiger partial charge < -0.3 is 0 Å². The molecule has 0 spiro atoms. The lowest BCUT2D eigenvalue weighted by molar-refractivity contribution is -0.118. The van der Waals surface area contributed by atoms with Gasteiger partial charge in [-0.2, -0.15) is 10.4 Å². The third-order valence-electron chi connectivity index (χ3n) is 3.00. The Kier molecular flexibility index (Phi) is 5.12. The summed E-state index contributed by atoms with van der Waals surface area (Å²) >= 11 is 1.54. The van der Waals surface area contributed by atoms with Gasteiger partial charge in [0.1, 0.15) is 16.9 Å². The maximum Gasteiger partial charge on any atom is 0.163 e. The second kappa shape index (κ2) is 7.04. The number of ketones is 1. The highest BCUT2D eigenvalue weighted by molar-refractivity contribution is 7.09. The van der Waals surface area contributed by atoms with Crippen molar-refractivity contribution < 1.29 is 4.79 Å². The Morgan fingerprint density at radius 2 is 2.19 bits per heavy atom. The predicted octanol–water partition coefficient (Wildman–Crippen LogP) is 2.67. The molecule has 0 amide bonds. The van der Waals surface area contributed by atoms with Crippen molar-refractivity contribution >= 4 is 17.1 Å². The number of aryl methyl sites for hydroxylation is 1. The van der Waals surface area contributed by atoms with Crippen molar-refractivity contribution in [3.05, 3.63) is 39.6 Å². The Balaban J connectivity index is 1.85. The van der Waals surface area contributed by atoms with Gasteiger partial charge >= 0.3 is 0 Å². The van der Waals surface area contributed by atoms with E-state index in [0.717, 1.165) is 16.4 Å². The largest absolute Gasteiger partial charge is 0.299 e. The summed E-state index contributed by atoms with van der Waals surface area (Å²) in [7, 11) is 0. The highest BCUT2D eigenvalue weighted by Crippen LogP contribution is 2.18. The van der Waals surface area contributed by atoms with Crippen LogP contribution in [0, 0.1) is 11.3 Å². The average molecular weight is 300 g/mol. The van der Waals surface area contributed by atoms with Gasteiger partial charge in [-0.3, -0.25) is 4.79 Å². The number of hydrogen-bond donors (Lipinski definition) is 0. The maximum absolute atomic E-state index is 12.0. The zero-order valence-electron chi connectivity index (χ0n) is 12.0. The molecule has 2 aromatic rings. The van der Waals surface area contributed by atoms with Crippen molar-refractivity contribution in [3.8, 4) is 6.07 Å². The monoisotopic (exact) mass is 300 g/mol. The van der Waals surface area contributed by atoms with Crippen molar-refractivity contribution in [2.45, 2.75) is 39.0 Å². The number of carbonyl (C=O) groups excluding carboxylic acids is 1. The van der Waals surface area contributed by atoms with Crippen LogP contribution in [0.15, 0.2) is 17.5 Å².